The van der Waals surface area contributed by atoms with Crippen LogP contribution in [0.3, 0.4) is 0 Å². The summed E-state index contributed by atoms with van der Waals surface area (Å²) < 4.78 is 6.38. The molecule has 1 N–H and O–H groups in total. The topological polar surface area (TPSA) is 21.3 Å². The molecule has 0 amide bonds. The molecule has 2 saturated carbocycles. The smallest absolute Gasteiger partial charge is 0.0731 e. The molecule has 0 heterocycles. The normalized spacial score (nSPS) is 31.6. The van der Waals surface area contributed by atoms with Crippen molar-refractivity contribution < 1.29 is 4.74 Å². The van der Waals surface area contributed by atoms with Crippen molar-refractivity contribution in [2.24, 2.45) is 0 Å². The third kappa shape index (κ3) is 4.26. The van der Waals surface area contributed by atoms with Crippen LogP contribution in [0.2, 0.25) is 0 Å². The first-order valence-corrected chi connectivity index (χ1v) is 7.79. The minimum absolute atomic E-state index is 0.504. The highest BCUT2D eigenvalue weighted by atomic mass is 16.5. The summed E-state index contributed by atoms with van der Waals surface area (Å²) in [5.74, 6) is 0. The van der Waals surface area contributed by atoms with E-state index in [2.05, 4.69) is 12.2 Å². The summed E-state index contributed by atoms with van der Waals surface area (Å²) in [6, 6.07) is 0.637. The molecule has 2 unspecified atom stereocenters. The van der Waals surface area contributed by atoms with E-state index in [9.17, 15) is 0 Å². The van der Waals surface area contributed by atoms with Gasteiger partial charge in [-0.15, -0.1) is 0 Å². The van der Waals surface area contributed by atoms with Crippen molar-refractivity contribution in [3.63, 3.8) is 0 Å². The van der Waals surface area contributed by atoms with Crippen molar-refractivity contribution >= 4 is 0 Å². The highest BCUT2D eigenvalue weighted by molar-refractivity contribution is 4.85. The molecule has 0 bridgehead atoms. The average molecular weight is 239 g/mol. The molecular weight excluding hydrogens is 210 g/mol. The fourth-order valence-corrected chi connectivity index (χ4v) is 3.28. The first kappa shape index (κ1) is 13.4. The van der Waals surface area contributed by atoms with Gasteiger partial charge in [-0.25, -0.2) is 0 Å². The van der Waals surface area contributed by atoms with Crippen molar-refractivity contribution in [2.75, 3.05) is 6.54 Å². The number of hydrogen-bond acceptors (Lipinski definition) is 2. The molecule has 2 atom stereocenters. The molecule has 0 saturated heterocycles. The molecule has 100 valence electrons. The van der Waals surface area contributed by atoms with Crippen LogP contribution >= 0.6 is 0 Å². The van der Waals surface area contributed by atoms with Crippen LogP contribution in [-0.4, -0.2) is 24.8 Å². The fraction of sp³-hybridized carbons (Fsp3) is 1.00. The Kier molecular flexibility index (Phi) is 5.79. The predicted octanol–water partition coefficient (Wildman–Crippen LogP) is 3.65. The van der Waals surface area contributed by atoms with E-state index in [1.54, 1.807) is 0 Å². The fourth-order valence-electron chi connectivity index (χ4n) is 3.28. The molecule has 0 spiro atoms. The molecular formula is C15H29NO. The lowest BCUT2D eigenvalue weighted by molar-refractivity contribution is -0.0277. The molecule has 2 fully saturated rings. The lowest BCUT2D eigenvalue weighted by atomic mass is 10.1. The molecule has 0 radical (unpaired) electrons. The predicted molar refractivity (Wildman–Crippen MR) is 72.3 cm³/mol. The third-order valence-electron chi connectivity index (χ3n) is 4.28. The first-order valence-electron chi connectivity index (χ1n) is 7.79. The van der Waals surface area contributed by atoms with Crippen LogP contribution in [0.5, 0.6) is 0 Å². The number of rotatable bonds is 5. The summed E-state index contributed by atoms with van der Waals surface area (Å²) in [5, 5.41) is 3.66. The minimum Gasteiger partial charge on any atom is -0.373 e. The van der Waals surface area contributed by atoms with Gasteiger partial charge in [0.1, 0.15) is 0 Å². The number of nitrogens with one attached hydrogen (secondary N) is 1. The summed E-state index contributed by atoms with van der Waals surface area (Å²) in [6.07, 6.45) is 14.4. The minimum atomic E-state index is 0.504. The monoisotopic (exact) mass is 239 g/mol. The molecule has 2 heteroatoms. The molecule has 0 aromatic heterocycles. The van der Waals surface area contributed by atoms with Crippen molar-refractivity contribution in [3.8, 4) is 0 Å². The Morgan fingerprint density at radius 1 is 0.941 bits per heavy atom. The van der Waals surface area contributed by atoms with Gasteiger partial charge < -0.3 is 10.1 Å². The lowest BCUT2D eigenvalue weighted by Crippen LogP contribution is -2.39. The second-order valence-electron chi connectivity index (χ2n) is 5.78. The first-order chi connectivity index (χ1) is 8.40. The average Bonchev–Trinajstić information content (AvgIpc) is 2.61. The highest BCUT2D eigenvalue weighted by Gasteiger charge is 2.29. The highest BCUT2D eigenvalue weighted by Crippen LogP contribution is 2.27. The van der Waals surface area contributed by atoms with Gasteiger partial charge in [-0.05, 0) is 45.1 Å². The summed E-state index contributed by atoms with van der Waals surface area (Å²) in [6.45, 7) is 3.39. The van der Waals surface area contributed by atoms with Crippen molar-refractivity contribution in [1.29, 1.82) is 0 Å². The van der Waals surface area contributed by atoms with E-state index in [0.717, 1.165) is 6.54 Å². The molecule has 0 aromatic rings. The maximum absolute atomic E-state index is 6.38. The molecule has 2 aliphatic rings. The van der Waals surface area contributed by atoms with E-state index in [4.69, 9.17) is 4.74 Å². The zero-order valence-electron chi connectivity index (χ0n) is 11.4. The van der Waals surface area contributed by atoms with Gasteiger partial charge in [0.2, 0.25) is 0 Å². The maximum atomic E-state index is 6.38. The van der Waals surface area contributed by atoms with E-state index in [1.807, 2.05) is 0 Å². The van der Waals surface area contributed by atoms with E-state index >= 15 is 0 Å². The van der Waals surface area contributed by atoms with E-state index in [1.165, 1.54) is 64.2 Å². The summed E-state index contributed by atoms with van der Waals surface area (Å²) in [4.78, 5) is 0. The van der Waals surface area contributed by atoms with Crippen molar-refractivity contribution in [1.82, 2.24) is 5.32 Å². The second kappa shape index (κ2) is 7.38. The van der Waals surface area contributed by atoms with E-state index < -0.39 is 0 Å². The van der Waals surface area contributed by atoms with Crippen LogP contribution in [-0.2, 0) is 4.74 Å². The Labute approximate surface area is 107 Å². The summed E-state index contributed by atoms with van der Waals surface area (Å²) in [7, 11) is 0. The Hall–Kier alpha value is -0.0800. The summed E-state index contributed by atoms with van der Waals surface area (Å²) in [5.41, 5.74) is 0. The maximum Gasteiger partial charge on any atom is 0.0731 e. The standard InChI is InChI=1S/C15H29NO/c1-2-12-16-14-10-7-11-15(14)17-13-8-5-3-4-6-9-13/h13-16H,2-12H2,1H3. The Morgan fingerprint density at radius 3 is 2.41 bits per heavy atom. The lowest BCUT2D eigenvalue weighted by Gasteiger charge is -2.26. The molecule has 2 aliphatic carbocycles. The second-order valence-corrected chi connectivity index (χ2v) is 5.78. The van der Waals surface area contributed by atoms with Gasteiger partial charge >= 0.3 is 0 Å². The molecule has 17 heavy (non-hydrogen) atoms. The number of hydrogen-bond donors (Lipinski definition) is 1. The van der Waals surface area contributed by atoms with Gasteiger partial charge in [-0.2, -0.15) is 0 Å². The molecule has 2 rings (SSSR count). The largest absolute Gasteiger partial charge is 0.373 e. The van der Waals surface area contributed by atoms with Crippen LogP contribution < -0.4 is 5.32 Å². The number of ether oxygens (including phenoxy) is 1. The van der Waals surface area contributed by atoms with Gasteiger partial charge in [-0.1, -0.05) is 32.6 Å². The third-order valence-corrected chi connectivity index (χ3v) is 4.28. The van der Waals surface area contributed by atoms with Gasteiger partial charge in [0.05, 0.1) is 12.2 Å². The molecule has 0 aromatic carbocycles. The van der Waals surface area contributed by atoms with E-state index in [0.29, 0.717) is 18.2 Å². The van der Waals surface area contributed by atoms with Gasteiger partial charge in [0.25, 0.3) is 0 Å². The quantitative estimate of drug-likeness (QED) is 0.739. The van der Waals surface area contributed by atoms with Gasteiger partial charge in [-0.3, -0.25) is 0 Å². The SMILES string of the molecule is CCCNC1CCCC1OC1CCCCCC1. The van der Waals surface area contributed by atoms with Gasteiger partial charge in [0, 0.05) is 6.04 Å². The van der Waals surface area contributed by atoms with Crippen LogP contribution in [0.4, 0.5) is 0 Å². The Morgan fingerprint density at radius 2 is 1.71 bits per heavy atom. The zero-order chi connectivity index (χ0) is 11.9. The van der Waals surface area contributed by atoms with Crippen LogP contribution in [0.25, 0.3) is 0 Å². The van der Waals surface area contributed by atoms with Crippen molar-refractivity contribution in [2.45, 2.75) is 89.4 Å². The molecule has 0 aliphatic heterocycles. The van der Waals surface area contributed by atoms with Crippen molar-refractivity contribution in [3.05, 3.63) is 0 Å². The van der Waals surface area contributed by atoms with E-state index in [-0.39, 0.29) is 0 Å². The Balaban J connectivity index is 1.75. The van der Waals surface area contributed by atoms with Gasteiger partial charge in [0.15, 0.2) is 0 Å². The van der Waals surface area contributed by atoms with Crippen LogP contribution in [0, 0.1) is 0 Å². The van der Waals surface area contributed by atoms with Crippen LogP contribution in [0.15, 0.2) is 0 Å². The Bertz CT molecular complexity index is 199. The zero-order valence-corrected chi connectivity index (χ0v) is 11.4. The summed E-state index contributed by atoms with van der Waals surface area (Å²) >= 11 is 0. The molecule has 2 nitrogen and oxygen atoms in total. The van der Waals surface area contributed by atoms with Crippen LogP contribution in [0.1, 0.15) is 71.1 Å².